The third-order valence-corrected chi connectivity index (χ3v) is 1.98. The monoisotopic (exact) mass is 210 g/mol. The van der Waals surface area contributed by atoms with E-state index < -0.39 is 0 Å². The summed E-state index contributed by atoms with van der Waals surface area (Å²) in [5.41, 5.74) is 7.31. The van der Waals surface area contributed by atoms with Crippen LogP contribution in [0.3, 0.4) is 0 Å². The lowest BCUT2D eigenvalue weighted by molar-refractivity contribution is 0.333. The maximum absolute atomic E-state index is 5.83. The first kappa shape index (κ1) is 11.5. The molecule has 4 heteroatoms. The normalized spacial score (nSPS) is 9.80. The molecular weight excluding hydrogens is 192 g/mol. The zero-order valence-corrected chi connectivity index (χ0v) is 9.46. The minimum Gasteiger partial charge on any atom is -0.492 e. The lowest BCUT2D eigenvalue weighted by atomic mass is 10.2. The summed E-state index contributed by atoms with van der Waals surface area (Å²) in [7, 11) is 1.84. The van der Waals surface area contributed by atoms with Crippen molar-refractivity contribution < 1.29 is 9.47 Å². The van der Waals surface area contributed by atoms with E-state index in [4.69, 9.17) is 15.2 Å². The minimum atomic E-state index is 0.597. The molecular formula is C11H18N2O2. The van der Waals surface area contributed by atoms with Crippen molar-refractivity contribution in [1.29, 1.82) is 0 Å². The van der Waals surface area contributed by atoms with Crippen molar-refractivity contribution in [2.75, 3.05) is 31.3 Å². The molecule has 0 saturated carbocycles. The number of ether oxygens (including phenoxy) is 2. The highest BCUT2D eigenvalue weighted by Gasteiger charge is 2.08. The van der Waals surface area contributed by atoms with E-state index in [0.717, 1.165) is 11.4 Å². The van der Waals surface area contributed by atoms with Crippen molar-refractivity contribution >= 4 is 11.4 Å². The molecule has 0 radical (unpaired) electrons. The van der Waals surface area contributed by atoms with E-state index in [0.29, 0.717) is 24.7 Å². The summed E-state index contributed by atoms with van der Waals surface area (Å²) in [6.45, 7) is 5.07. The molecule has 0 bridgehead atoms. The number of rotatable bonds is 5. The van der Waals surface area contributed by atoms with Crippen LogP contribution in [0.25, 0.3) is 0 Å². The van der Waals surface area contributed by atoms with Gasteiger partial charge in [-0.05, 0) is 13.8 Å². The van der Waals surface area contributed by atoms with E-state index in [1.807, 2.05) is 27.0 Å². The Hall–Kier alpha value is -1.58. The lowest BCUT2D eigenvalue weighted by Crippen LogP contribution is -2.02. The summed E-state index contributed by atoms with van der Waals surface area (Å²) in [6.07, 6.45) is 0. The second-order valence-corrected chi connectivity index (χ2v) is 3.00. The Balaban J connectivity index is 3.04. The first-order chi connectivity index (χ1) is 7.22. The molecule has 0 aromatic heterocycles. The van der Waals surface area contributed by atoms with Crippen molar-refractivity contribution in [2.24, 2.45) is 0 Å². The average molecular weight is 210 g/mol. The summed E-state index contributed by atoms with van der Waals surface area (Å²) < 4.78 is 10.8. The zero-order valence-electron chi connectivity index (χ0n) is 9.46. The largest absolute Gasteiger partial charge is 0.492 e. The summed E-state index contributed by atoms with van der Waals surface area (Å²) >= 11 is 0. The van der Waals surface area contributed by atoms with Gasteiger partial charge in [0.15, 0.2) is 0 Å². The molecule has 3 N–H and O–H groups in total. The molecule has 0 aliphatic rings. The smallest absolute Gasteiger partial charge is 0.144 e. The predicted molar refractivity (Wildman–Crippen MR) is 62.7 cm³/mol. The second kappa shape index (κ2) is 5.34. The molecule has 0 aliphatic carbocycles. The van der Waals surface area contributed by atoms with Gasteiger partial charge in [-0.1, -0.05) is 0 Å². The minimum absolute atomic E-state index is 0.597. The summed E-state index contributed by atoms with van der Waals surface area (Å²) in [4.78, 5) is 0. The Morgan fingerprint density at radius 2 is 1.73 bits per heavy atom. The Morgan fingerprint density at radius 3 is 2.27 bits per heavy atom. The van der Waals surface area contributed by atoms with Gasteiger partial charge in [0.25, 0.3) is 0 Å². The van der Waals surface area contributed by atoms with Crippen LogP contribution in [0.1, 0.15) is 13.8 Å². The lowest BCUT2D eigenvalue weighted by Gasteiger charge is -2.14. The number of benzene rings is 1. The molecule has 4 nitrogen and oxygen atoms in total. The molecule has 1 rings (SSSR count). The van der Waals surface area contributed by atoms with Gasteiger partial charge in [-0.2, -0.15) is 0 Å². The van der Waals surface area contributed by atoms with Crippen LogP contribution in [-0.2, 0) is 0 Å². The predicted octanol–water partition coefficient (Wildman–Crippen LogP) is 2.11. The molecule has 1 aromatic carbocycles. The third-order valence-electron chi connectivity index (χ3n) is 1.98. The van der Waals surface area contributed by atoms with Crippen LogP contribution < -0.4 is 20.5 Å². The molecule has 15 heavy (non-hydrogen) atoms. The van der Waals surface area contributed by atoms with E-state index >= 15 is 0 Å². The summed E-state index contributed by atoms with van der Waals surface area (Å²) in [6, 6.07) is 3.63. The number of hydrogen-bond acceptors (Lipinski definition) is 4. The quantitative estimate of drug-likeness (QED) is 0.731. The molecule has 0 atom stereocenters. The summed E-state index contributed by atoms with van der Waals surface area (Å²) in [5, 5.41) is 3.05. The Bertz CT molecular complexity index is 327. The molecule has 1 aromatic rings. The highest BCUT2D eigenvalue weighted by molar-refractivity contribution is 5.69. The van der Waals surface area contributed by atoms with E-state index in [1.54, 1.807) is 6.07 Å². The first-order valence-corrected chi connectivity index (χ1v) is 5.09. The van der Waals surface area contributed by atoms with Crippen molar-refractivity contribution in [1.82, 2.24) is 0 Å². The standard InChI is InChI=1S/C11H18N2O2/c1-4-14-10-7-9(13-3)11(15-5-2)6-8(10)12/h6-7,13H,4-5,12H2,1-3H3. The third kappa shape index (κ3) is 2.68. The second-order valence-electron chi connectivity index (χ2n) is 3.00. The topological polar surface area (TPSA) is 56.5 Å². The van der Waals surface area contributed by atoms with Crippen molar-refractivity contribution in [3.8, 4) is 11.5 Å². The van der Waals surface area contributed by atoms with Gasteiger partial charge in [0.1, 0.15) is 11.5 Å². The van der Waals surface area contributed by atoms with Gasteiger partial charge in [0, 0.05) is 19.2 Å². The number of anilines is 2. The zero-order chi connectivity index (χ0) is 11.3. The maximum Gasteiger partial charge on any atom is 0.144 e. The molecule has 0 heterocycles. The van der Waals surface area contributed by atoms with Crippen molar-refractivity contribution in [3.05, 3.63) is 12.1 Å². The van der Waals surface area contributed by atoms with Crippen LogP contribution in [-0.4, -0.2) is 20.3 Å². The van der Waals surface area contributed by atoms with Crippen LogP contribution in [0, 0.1) is 0 Å². The van der Waals surface area contributed by atoms with Gasteiger partial charge < -0.3 is 20.5 Å². The summed E-state index contributed by atoms with van der Waals surface area (Å²) in [5.74, 6) is 1.44. The first-order valence-electron chi connectivity index (χ1n) is 5.09. The Labute approximate surface area is 90.4 Å². The van der Waals surface area contributed by atoms with E-state index in [2.05, 4.69) is 5.32 Å². The van der Waals surface area contributed by atoms with Crippen molar-refractivity contribution in [3.63, 3.8) is 0 Å². The molecule has 0 unspecified atom stereocenters. The maximum atomic E-state index is 5.83. The van der Waals surface area contributed by atoms with Gasteiger partial charge >= 0.3 is 0 Å². The highest BCUT2D eigenvalue weighted by Crippen LogP contribution is 2.34. The molecule has 0 fully saturated rings. The fourth-order valence-electron chi connectivity index (χ4n) is 1.33. The molecule has 0 spiro atoms. The van der Waals surface area contributed by atoms with Gasteiger partial charge in [-0.3, -0.25) is 0 Å². The van der Waals surface area contributed by atoms with E-state index in [9.17, 15) is 0 Å². The van der Waals surface area contributed by atoms with Crippen LogP contribution >= 0.6 is 0 Å². The van der Waals surface area contributed by atoms with E-state index in [-0.39, 0.29) is 0 Å². The van der Waals surface area contributed by atoms with Crippen LogP contribution in [0.5, 0.6) is 11.5 Å². The molecule has 0 amide bonds. The van der Waals surface area contributed by atoms with Crippen molar-refractivity contribution in [2.45, 2.75) is 13.8 Å². The van der Waals surface area contributed by atoms with Gasteiger partial charge in [-0.15, -0.1) is 0 Å². The Morgan fingerprint density at radius 1 is 1.13 bits per heavy atom. The fraction of sp³-hybridized carbons (Fsp3) is 0.455. The number of nitrogen functional groups attached to an aromatic ring is 1. The van der Waals surface area contributed by atoms with Crippen LogP contribution in [0.4, 0.5) is 11.4 Å². The number of nitrogens with two attached hydrogens (primary N) is 1. The van der Waals surface area contributed by atoms with Crippen LogP contribution in [0.2, 0.25) is 0 Å². The van der Waals surface area contributed by atoms with Crippen LogP contribution in [0.15, 0.2) is 12.1 Å². The molecule has 84 valence electrons. The number of nitrogens with one attached hydrogen (secondary N) is 1. The van der Waals surface area contributed by atoms with Gasteiger partial charge in [0.2, 0.25) is 0 Å². The average Bonchev–Trinajstić information content (AvgIpc) is 2.22. The van der Waals surface area contributed by atoms with Gasteiger partial charge in [0.05, 0.1) is 24.6 Å². The molecule has 0 saturated heterocycles. The highest BCUT2D eigenvalue weighted by atomic mass is 16.5. The number of hydrogen-bond donors (Lipinski definition) is 2. The fourth-order valence-corrected chi connectivity index (χ4v) is 1.33. The van der Waals surface area contributed by atoms with Gasteiger partial charge in [-0.25, -0.2) is 0 Å². The molecule has 0 aliphatic heterocycles. The SMILES string of the molecule is CCOc1cc(NC)c(OCC)cc1N. The van der Waals surface area contributed by atoms with E-state index in [1.165, 1.54) is 0 Å². The Kier molecular flexibility index (Phi) is 4.09.